The van der Waals surface area contributed by atoms with Crippen molar-refractivity contribution in [3.05, 3.63) is 17.5 Å². The molecule has 0 bridgehead atoms. The van der Waals surface area contributed by atoms with Gasteiger partial charge in [0.1, 0.15) is 0 Å². The highest BCUT2D eigenvalue weighted by Gasteiger charge is 2.20. The van der Waals surface area contributed by atoms with E-state index in [1.807, 2.05) is 18.3 Å². The predicted octanol–water partition coefficient (Wildman–Crippen LogP) is 2.26. The summed E-state index contributed by atoms with van der Waals surface area (Å²) in [5.41, 5.74) is 0. The van der Waals surface area contributed by atoms with Gasteiger partial charge in [0.05, 0.1) is 5.00 Å². The second kappa shape index (κ2) is 9.69. The molecule has 22 heavy (non-hydrogen) atoms. The van der Waals surface area contributed by atoms with Gasteiger partial charge in [0.15, 0.2) is 5.96 Å². The van der Waals surface area contributed by atoms with Crippen LogP contribution in [0.25, 0.3) is 0 Å². The van der Waals surface area contributed by atoms with Crippen LogP contribution in [0.15, 0.2) is 22.5 Å². The van der Waals surface area contributed by atoms with E-state index in [1.54, 1.807) is 0 Å². The van der Waals surface area contributed by atoms with Gasteiger partial charge in [-0.1, -0.05) is 0 Å². The summed E-state index contributed by atoms with van der Waals surface area (Å²) < 4.78 is 5.37. The molecule has 0 saturated carbocycles. The van der Waals surface area contributed by atoms with E-state index in [1.165, 1.54) is 5.00 Å². The van der Waals surface area contributed by atoms with Crippen LogP contribution in [0.1, 0.15) is 20.3 Å². The van der Waals surface area contributed by atoms with E-state index in [-0.39, 0.29) is 0 Å². The number of hydrogen-bond acceptors (Lipinski definition) is 4. The standard InChI is InChI=1S/C16H28N4OS/c1-3-17-16(18-8-6-13-21-4-2)20-11-9-19(10-12-20)15-7-5-14-22-15/h5,7,14H,3-4,6,8-13H2,1-2H3,(H,17,18). The minimum atomic E-state index is 0.786. The highest BCUT2D eigenvalue weighted by Crippen LogP contribution is 2.22. The molecule has 1 N–H and O–H groups in total. The molecular formula is C16H28N4OS. The number of anilines is 1. The molecule has 1 aliphatic heterocycles. The van der Waals surface area contributed by atoms with Crippen molar-refractivity contribution in [1.29, 1.82) is 0 Å². The lowest BCUT2D eigenvalue weighted by molar-refractivity contribution is 0.146. The minimum absolute atomic E-state index is 0.786. The van der Waals surface area contributed by atoms with Crippen LogP contribution in [0.4, 0.5) is 5.00 Å². The van der Waals surface area contributed by atoms with E-state index in [2.05, 4.69) is 39.6 Å². The first-order valence-electron chi connectivity index (χ1n) is 8.24. The Bertz CT molecular complexity index is 427. The summed E-state index contributed by atoms with van der Waals surface area (Å²) in [4.78, 5) is 9.56. The molecule has 5 nitrogen and oxygen atoms in total. The van der Waals surface area contributed by atoms with Gasteiger partial charge in [-0.25, -0.2) is 0 Å². The number of hydrogen-bond donors (Lipinski definition) is 1. The summed E-state index contributed by atoms with van der Waals surface area (Å²) >= 11 is 1.82. The first-order valence-corrected chi connectivity index (χ1v) is 9.12. The molecule has 1 saturated heterocycles. The fraction of sp³-hybridized carbons (Fsp3) is 0.688. The Morgan fingerprint density at radius 2 is 2.14 bits per heavy atom. The lowest BCUT2D eigenvalue weighted by atomic mass is 10.3. The van der Waals surface area contributed by atoms with Crippen molar-refractivity contribution < 1.29 is 4.74 Å². The van der Waals surface area contributed by atoms with Crippen molar-refractivity contribution in [3.8, 4) is 0 Å². The second-order valence-electron chi connectivity index (χ2n) is 5.21. The van der Waals surface area contributed by atoms with Crippen molar-refractivity contribution in [1.82, 2.24) is 10.2 Å². The number of nitrogens with zero attached hydrogens (tertiary/aromatic N) is 3. The zero-order valence-corrected chi connectivity index (χ0v) is 14.6. The van der Waals surface area contributed by atoms with E-state index >= 15 is 0 Å². The molecule has 6 heteroatoms. The van der Waals surface area contributed by atoms with E-state index in [9.17, 15) is 0 Å². The Kier molecular flexibility index (Phi) is 7.53. The molecule has 1 fully saturated rings. The quantitative estimate of drug-likeness (QED) is 0.474. The minimum Gasteiger partial charge on any atom is -0.382 e. The number of guanidine groups is 1. The summed E-state index contributed by atoms with van der Waals surface area (Å²) in [7, 11) is 0. The van der Waals surface area contributed by atoms with Crippen molar-refractivity contribution in [3.63, 3.8) is 0 Å². The molecule has 0 unspecified atom stereocenters. The number of ether oxygens (including phenoxy) is 1. The first kappa shape index (κ1) is 17.1. The number of aliphatic imine (C=N–C) groups is 1. The molecule has 1 aromatic rings. The van der Waals surface area contributed by atoms with Crippen LogP contribution in [-0.2, 0) is 4.74 Å². The average molecular weight is 324 g/mol. The van der Waals surface area contributed by atoms with Crippen LogP contribution in [-0.4, -0.2) is 63.3 Å². The second-order valence-corrected chi connectivity index (χ2v) is 6.14. The monoisotopic (exact) mass is 324 g/mol. The van der Waals surface area contributed by atoms with Crippen molar-refractivity contribution in [2.45, 2.75) is 20.3 Å². The lowest BCUT2D eigenvalue weighted by Gasteiger charge is -2.37. The van der Waals surface area contributed by atoms with Crippen LogP contribution >= 0.6 is 11.3 Å². The maximum atomic E-state index is 5.37. The average Bonchev–Trinajstić information content (AvgIpc) is 3.08. The largest absolute Gasteiger partial charge is 0.382 e. The third-order valence-corrected chi connectivity index (χ3v) is 4.57. The molecule has 2 heterocycles. The molecule has 0 aliphatic carbocycles. The predicted molar refractivity (Wildman–Crippen MR) is 95.2 cm³/mol. The van der Waals surface area contributed by atoms with Gasteiger partial charge in [-0.05, 0) is 37.8 Å². The Morgan fingerprint density at radius 1 is 1.32 bits per heavy atom. The van der Waals surface area contributed by atoms with Gasteiger partial charge in [-0.15, -0.1) is 11.3 Å². The molecule has 0 aromatic carbocycles. The molecule has 0 spiro atoms. The number of nitrogens with one attached hydrogen (secondary N) is 1. The lowest BCUT2D eigenvalue weighted by Crippen LogP contribution is -2.52. The smallest absolute Gasteiger partial charge is 0.194 e. The third kappa shape index (κ3) is 5.18. The molecule has 2 rings (SSSR count). The van der Waals surface area contributed by atoms with Gasteiger partial charge in [0, 0.05) is 52.5 Å². The molecule has 1 aliphatic rings. The van der Waals surface area contributed by atoms with Gasteiger partial charge < -0.3 is 19.9 Å². The molecule has 1 aromatic heterocycles. The highest BCUT2D eigenvalue weighted by atomic mass is 32.1. The summed E-state index contributed by atoms with van der Waals surface area (Å²) in [6.07, 6.45) is 0.984. The highest BCUT2D eigenvalue weighted by molar-refractivity contribution is 7.14. The van der Waals surface area contributed by atoms with Gasteiger partial charge in [0.25, 0.3) is 0 Å². The molecule has 124 valence electrons. The Labute approximate surface area is 138 Å². The molecule has 0 atom stereocenters. The van der Waals surface area contributed by atoms with Crippen LogP contribution < -0.4 is 10.2 Å². The Morgan fingerprint density at radius 3 is 2.77 bits per heavy atom. The van der Waals surface area contributed by atoms with Gasteiger partial charge >= 0.3 is 0 Å². The maximum Gasteiger partial charge on any atom is 0.194 e. The maximum absolute atomic E-state index is 5.37. The summed E-state index contributed by atoms with van der Waals surface area (Å²) in [6, 6.07) is 4.32. The van der Waals surface area contributed by atoms with E-state index in [0.717, 1.165) is 64.9 Å². The van der Waals surface area contributed by atoms with Crippen LogP contribution in [0, 0.1) is 0 Å². The van der Waals surface area contributed by atoms with Crippen molar-refractivity contribution in [2.75, 3.05) is 57.4 Å². The molecular weight excluding hydrogens is 296 g/mol. The molecule has 0 radical (unpaired) electrons. The van der Waals surface area contributed by atoms with Gasteiger partial charge in [0.2, 0.25) is 0 Å². The van der Waals surface area contributed by atoms with Crippen LogP contribution in [0.3, 0.4) is 0 Å². The van der Waals surface area contributed by atoms with Crippen molar-refractivity contribution in [2.24, 2.45) is 4.99 Å². The Hall–Kier alpha value is -1.27. The summed E-state index contributed by atoms with van der Waals surface area (Å²) in [6.45, 7) is 11.6. The fourth-order valence-corrected chi connectivity index (χ4v) is 3.30. The number of rotatable bonds is 7. The zero-order chi connectivity index (χ0) is 15.6. The first-order chi connectivity index (χ1) is 10.8. The normalized spacial score (nSPS) is 16.2. The number of thiophene rings is 1. The van der Waals surface area contributed by atoms with E-state index in [0.29, 0.717) is 0 Å². The summed E-state index contributed by atoms with van der Waals surface area (Å²) in [5, 5.41) is 6.93. The third-order valence-electron chi connectivity index (χ3n) is 3.64. The van der Waals surface area contributed by atoms with Crippen molar-refractivity contribution >= 4 is 22.3 Å². The van der Waals surface area contributed by atoms with Crippen LogP contribution in [0.2, 0.25) is 0 Å². The van der Waals surface area contributed by atoms with E-state index < -0.39 is 0 Å². The summed E-state index contributed by atoms with van der Waals surface area (Å²) in [5.74, 6) is 1.05. The fourth-order valence-electron chi connectivity index (χ4n) is 2.51. The van der Waals surface area contributed by atoms with Gasteiger partial charge in [-0.3, -0.25) is 4.99 Å². The number of piperazine rings is 1. The SMILES string of the molecule is CCNC(=NCCCOCC)N1CCN(c2cccs2)CC1. The van der Waals surface area contributed by atoms with Gasteiger partial charge in [-0.2, -0.15) is 0 Å². The van der Waals surface area contributed by atoms with E-state index in [4.69, 9.17) is 9.73 Å². The Balaban J connectivity index is 1.81. The molecule has 0 amide bonds. The van der Waals surface area contributed by atoms with Crippen LogP contribution in [0.5, 0.6) is 0 Å². The topological polar surface area (TPSA) is 40.1 Å². The zero-order valence-electron chi connectivity index (χ0n) is 13.8.